The fourth-order valence-electron chi connectivity index (χ4n) is 9.32. The summed E-state index contributed by atoms with van der Waals surface area (Å²) < 4.78 is 2.30. The lowest BCUT2D eigenvalue weighted by atomic mass is 9.97. The maximum atomic E-state index is 5.51. The van der Waals surface area contributed by atoms with Crippen molar-refractivity contribution in [2.24, 2.45) is 20.0 Å². The van der Waals surface area contributed by atoms with Crippen LogP contribution in [0.15, 0.2) is 249 Å². The summed E-state index contributed by atoms with van der Waals surface area (Å²) in [6.07, 6.45) is 40.9. The van der Waals surface area contributed by atoms with Crippen molar-refractivity contribution < 1.29 is 4.57 Å². The van der Waals surface area contributed by atoms with Crippen molar-refractivity contribution in [1.82, 2.24) is 9.80 Å². The van der Waals surface area contributed by atoms with Crippen molar-refractivity contribution in [3.63, 3.8) is 0 Å². The van der Waals surface area contributed by atoms with E-state index in [9.17, 15) is 0 Å². The Kier molecular flexibility index (Phi) is 11.3. The number of allylic oxidation sites excluding steroid dienone is 18. The summed E-state index contributed by atoms with van der Waals surface area (Å²) in [7, 11) is 2.04. The zero-order valence-corrected chi connectivity index (χ0v) is 38.9. The zero-order valence-electron chi connectivity index (χ0n) is 38.9. The van der Waals surface area contributed by atoms with E-state index < -0.39 is 0 Å². The third kappa shape index (κ3) is 8.62. The minimum atomic E-state index is 0.854. The van der Waals surface area contributed by atoms with Gasteiger partial charge in [0.2, 0.25) is 0 Å². The van der Waals surface area contributed by atoms with Crippen LogP contribution in [-0.4, -0.2) is 46.2 Å². The van der Waals surface area contributed by atoms with Crippen molar-refractivity contribution in [3.8, 4) is 0 Å². The van der Waals surface area contributed by atoms with Crippen LogP contribution in [0.3, 0.4) is 0 Å². The van der Waals surface area contributed by atoms with Gasteiger partial charge in [0.25, 0.3) is 0 Å². The number of aryl methyl sites for hydroxylation is 4. The molecule has 0 saturated heterocycles. The lowest BCUT2D eigenvalue weighted by Crippen LogP contribution is -2.33. The number of pyridine rings is 1. The van der Waals surface area contributed by atoms with Gasteiger partial charge >= 0.3 is 0 Å². The fourth-order valence-corrected chi connectivity index (χ4v) is 9.32. The largest absolute Gasteiger partial charge is 0.357 e. The highest BCUT2D eigenvalue weighted by molar-refractivity contribution is 6.39. The molecule has 7 nitrogen and oxygen atoms in total. The third-order valence-electron chi connectivity index (χ3n) is 13.1. The summed E-state index contributed by atoms with van der Waals surface area (Å²) in [5.74, 6) is 0. The highest BCUT2D eigenvalue weighted by Gasteiger charge is 2.28. The molecule has 7 heteroatoms. The van der Waals surface area contributed by atoms with Gasteiger partial charge in [-0.15, -0.1) is 0 Å². The summed E-state index contributed by atoms with van der Waals surface area (Å²) in [6.45, 7) is 8.19. The Hall–Kier alpha value is -8.29. The SMILES string of the molecule is Cc1ccc(C2=C3C=CC(=N3)C(c3ccc(C)cc3)=C3C=CC(=N3)C(c3ccc[n+](CCCCN4C=CC(=C5C=CN(C)C=C5)C=C4)c3)=C3C=CC(=N3)C(c3ccc(C)cc3)=C3C=CC2=N3)cc1. The molecule has 0 spiro atoms. The average molecular weight is 883 g/mol. The Labute approximate surface area is 399 Å². The first-order chi connectivity index (χ1) is 33.3. The van der Waals surface area contributed by atoms with Gasteiger partial charge in [-0.3, -0.25) is 0 Å². The van der Waals surface area contributed by atoms with Crippen LogP contribution in [-0.2, 0) is 6.54 Å². The molecule has 11 rings (SSSR count). The molecule has 8 heterocycles. The van der Waals surface area contributed by atoms with Gasteiger partial charge in [0.05, 0.1) is 51.2 Å². The summed E-state index contributed by atoms with van der Waals surface area (Å²) >= 11 is 0. The molecule has 0 radical (unpaired) electrons. The second-order valence-electron chi connectivity index (χ2n) is 18.1. The number of hydrogen-bond acceptors (Lipinski definition) is 6. The van der Waals surface area contributed by atoms with Gasteiger partial charge < -0.3 is 9.80 Å². The second kappa shape index (κ2) is 18.2. The summed E-state index contributed by atoms with van der Waals surface area (Å²) in [5, 5.41) is 0. The van der Waals surface area contributed by atoms with Crippen LogP contribution < -0.4 is 4.57 Å². The van der Waals surface area contributed by atoms with E-state index in [1.807, 2.05) is 7.05 Å². The first-order valence-corrected chi connectivity index (χ1v) is 23.5. The van der Waals surface area contributed by atoms with E-state index in [2.05, 4.69) is 230 Å². The molecule has 0 saturated carbocycles. The highest BCUT2D eigenvalue weighted by Crippen LogP contribution is 2.38. The van der Waals surface area contributed by atoms with Crippen molar-refractivity contribution in [1.29, 1.82) is 0 Å². The molecule has 0 amide bonds. The van der Waals surface area contributed by atoms with Crippen LogP contribution in [0.1, 0.15) is 51.8 Å². The normalized spacial score (nSPS) is 18.1. The molecular formula is C61H52N7+. The standard InChI is InChI=1S/C61H52N7/c1-41-9-15-46(16-10-41)58-50-21-23-52(62-50)59(47-17-11-42(2)12-18-47)54-25-27-56(64-54)61(57-28-26-55(65-57)60(53-24-22-51(58)63-53)48-19-13-43(3)14-20-48)49-8-7-35-68(40-49)34-6-5-33-67-38-31-45(32-39-67)44-29-36-66(4)37-30-44/h7-32,35-40H,5-6,33-34H2,1-4H3/q+1. The van der Waals surface area contributed by atoms with Gasteiger partial charge in [-0.2, -0.15) is 0 Å². The average Bonchev–Trinajstić information content (AvgIpc) is 4.22. The van der Waals surface area contributed by atoms with E-state index in [-0.39, 0.29) is 0 Å². The zero-order chi connectivity index (χ0) is 46.1. The quantitative estimate of drug-likeness (QED) is 0.124. The van der Waals surface area contributed by atoms with Crippen molar-refractivity contribution in [2.75, 3.05) is 13.6 Å². The van der Waals surface area contributed by atoms with Crippen molar-refractivity contribution >= 4 is 45.1 Å². The first kappa shape index (κ1) is 42.4. The van der Waals surface area contributed by atoms with Crippen LogP contribution >= 0.6 is 0 Å². The predicted molar refractivity (Wildman–Crippen MR) is 281 cm³/mol. The maximum absolute atomic E-state index is 5.51. The molecule has 0 fully saturated rings. The molecule has 1 aromatic heterocycles. The second-order valence-corrected chi connectivity index (χ2v) is 18.1. The van der Waals surface area contributed by atoms with E-state index >= 15 is 0 Å². The van der Waals surface area contributed by atoms with Gasteiger partial charge in [0.15, 0.2) is 12.4 Å². The van der Waals surface area contributed by atoms with Crippen LogP contribution in [0.25, 0.3) is 22.3 Å². The first-order valence-electron chi connectivity index (χ1n) is 23.5. The van der Waals surface area contributed by atoms with E-state index in [4.69, 9.17) is 20.0 Å². The lowest BCUT2D eigenvalue weighted by Gasteiger charge is -2.20. The summed E-state index contributed by atoms with van der Waals surface area (Å²) in [4.78, 5) is 26.2. The third-order valence-corrected chi connectivity index (χ3v) is 13.1. The van der Waals surface area contributed by atoms with Gasteiger partial charge in [-0.05, 0) is 134 Å². The molecule has 0 aliphatic carbocycles. The van der Waals surface area contributed by atoms with E-state index in [1.54, 1.807) is 0 Å². The topological polar surface area (TPSA) is 59.8 Å². The van der Waals surface area contributed by atoms with Gasteiger partial charge in [-0.25, -0.2) is 24.5 Å². The number of nitrogens with zero attached hydrogens (tertiary/aromatic N) is 7. The predicted octanol–water partition coefficient (Wildman–Crippen LogP) is 12.3. The number of benzene rings is 3. The van der Waals surface area contributed by atoms with E-state index in [0.717, 1.165) is 116 Å². The number of hydrogen-bond donors (Lipinski definition) is 0. The Morgan fingerprint density at radius 1 is 0.412 bits per heavy atom. The Morgan fingerprint density at radius 3 is 1.21 bits per heavy atom. The minimum Gasteiger partial charge on any atom is -0.357 e. The van der Waals surface area contributed by atoms with Crippen molar-refractivity contribution in [2.45, 2.75) is 40.2 Å². The molecule has 3 aromatic carbocycles. The summed E-state index contributed by atoms with van der Waals surface area (Å²) in [5.41, 5.74) is 21.0. The Bertz CT molecular complexity index is 3240. The number of aromatic nitrogens is 1. The molecule has 0 N–H and O–H groups in total. The van der Waals surface area contributed by atoms with Crippen LogP contribution in [0.5, 0.6) is 0 Å². The number of fused-ring (bicyclic) bond motifs is 4. The maximum Gasteiger partial charge on any atom is 0.176 e. The minimum absolute atomic E-state index is 0.854. The van der Waals surface area contributed by atoms with E-state index in [1.165, 1.54) is 27.8 Å². The van der Waals surface area contributed by atoms with Crippen molar-refractivity contribution in [3.05, 3.63) is 268 Å². The fraction of sp³-hybridized carbons (Fsp3) is 0.131. The Balaban J connectivity index is 0.997. The smallest absolute Gasteiger partial charge is 0.176 e. The van der Waals surface area contributed by atoms with Gasteiger partial charge in [-0.1, -0.05) is 89.5 Å². The number of rotatable bonds is 9. The van der Waals surface area contributed by atoms with Gasteiger partial charge in [0, 0.05) is 73.2 Å². The van der Waals surface area contributed by atoms with Crippen LogP contribution in [0, 0.1) is 20.8 Å². The molecule has 4 aromatic rings. The monoisotopic (exact) mass is 882 g/mol. The Morgan fingerprint density at radius 2 is 0.794 bits per heavy atom. The molecule has 0 unspecified atom stereocenters. The number of unbranched alkanes of at least 4 members (excludes halogenated alkanes) is 1. The highest BCUT2D eigenvalue weighted by atomic mass is 15.1. The number of aliphatic imine (C=N–C) groups is 4. The molecule has 68 heavy (non-hydrogen) atoms. The van der Waals surface area contributed by atoms with Crippen LogP contribution in [0.4, 0.5) is 0 Å². The van der Waals surface area contributed by atoms with Gasteiger partial charge in [0.1, 0.15) is 6.54 Å². The molecule has 8 bridgehead atoms. The molecule has 330 valence electrons. The molecule has 7 aliphatic rings. The van der Waals surface area contributed by atoms with Crippen LogP contribution in [0.2, 0.25) is 0 Å². The lowest BCUT2D eigenvalue weighted by molar-refractivity contribution is -0.697. The van der Waals surface area contributed by atoms with E-state index in [0.29, 0.717) is 0 Å². The summed E-state index contributed by atoms with van der Waals surface area (Å²) in [6, 6.07) is 30.3. The molecule has 0 atom stereocenters. The molecule has 7 aliphatic heterocycles. The molecular weight excluding hydrogens is 831 g/mol.